The molecule has 0 N–H and O–H groups in total. The van der Waals surface area contributed by atoms with Gasteiger partial charge in [-0.3, -0.25) is 0 Å². The number of aryl methyl sites for hydroxylation is 1. The van der Waals surface area contributed by atoms with E-state index >= 15 is 0 Å². The fraction of sp³-hybridized carbons (Fsp3) is 0.200. The molecule has 0 aliphatic carbocycles. The summed E-state index contributed by atoms with van der Waals surface area (Å²) in [5.41, 5.74) is 0.874. The van der Waals surface area contributed by atoms with Crippen LogP contribution in [-0.4, -0.2) is 0 Å². The van der Waals surface area contributed by atoms with Crippen LogP contribution < -0.4 is 0 Å². The minimum Gasteiger partial charge on any atom is -0.459 e. The molecule has 0 aliphatic heterocycles. The molecule has 1 aromatic carbocycles. The molecule has 1 heterocycles. The van der Waals surface area contributed by atoms with Crippen LogP contribution in [0.4, 0.5) is 0 Å². The summed E-state index contributed by atoms with van der Waals surface area (Å²) < 4.78 is 5.52. The summed E-state index contributed by atoms with van der Waals surface area (Å²) >= 11 is 6.06. The van der Waals surface area contributed by atoms with Crippen molar-refractivity contribution < 1.29 is 4.42 Å². The number of benzene rings is 1. The van der Waals surface area contributed by atoms with E-state index in [1.807, 2.05) is 31.2 Å². The predicted molar refractivity (Wildman–Crippen MR) is 50.6 cm³/mol. The van der Waals surface area contributed by atoms with Crippen molar-refractivity contribution in [2.24, 2.45) is 0 Å². The maximum atomic E-state index is 6.06. The summed E-state index contributed by atoms with van der Waals surface area (Å²) in [6, 6.07) is 7.81. The monoisotopic (exact) mass is 180 g/mol. The minimum atomic E-state index is 0.758. The predicted octanol–water partition coefficient (Wildman–Crippen LogP) is 3.65. The Hall–Kier alpha value is -0.950. The zero-order chi connectivity index (χ0) is 8.55. The maximum Gasteiger partial charge on any atom is 0.135 e. The van der Waals surface area contributed by atoms with E-state index in [-0.39, 0.29) is 0 Å². The van der Waals surface area contributed by atoms with Gasteiger partial charge in [-0.05, 0) is 12.1 Å². The smallest absolute Gasteiger partial charge is 0.135 e. The van der Waals surface area contributed by atoms with Crippen LogP contribution in [0.2, 0.25) is 5.02 Å². The molecule has 62 valence electrons. The number of rotatable bonds is 1. The summed E-state index contributed by atoms with van der Waals surface area (Å²) in [5.74, 6) is 0.873. The minimum absolute atomic E-state index is 0.758. The van der Waals surface area contributed by atoms with Gasteiger partial charge in [0.1, 0.15) is 11.3 Å². The van der Waals surface area contributed by atoms with Crippen molar-refractivity contribution in [2.75, 3.05) is 0 Å². The van der Waals surface area contributed by atoms with E-state index in [0.29, 0.717) is 0 Å². The highest BCUT2D eigenvalue weighted by Crippen LogP contribution is 2.30. The highest BCUT2D eigenvalue weighted by molar-refractivity contribution is 6.36. The third-order valence-corrected chi connectivity index (χ3v) is 2.34. The van der Waals surface area contributed by atoms with Crippen molar-refractivity contribution in [3.05, 3.63) is 35.0 Å². The molecular formula is C10H9ClO. The molecule has 0 spiro atoms. The zero-order valence-electron chi connectivity index (χ0n) is 6.80. The van der Waals surface area contributed by atoms with Gasteiger partial charge < -0.3 is 4.42 Å². The lowest BCUT2D eigenvalue weighted by molar-refractivity contribution is 0.557. The second-order valence-corrected chi connectivity index (χ2v) is 3.07. The SMILES string of the molecule is CCc1oc2ccccc2c1Cl. The van der Waals surface area contributed by atoms with E-state index in [9.17, 15) is 0 Å². The number of hydrogen-bond donors (Lipinski definition) is 0. The van der Waals surface area contributed by atoms with Gasteiger partial charge in [-0.25, -0.2) is 0 Å². The van der Waals surface area contributed by atoms with Crippen molar-refractivity contribution in [3.8, 4) is 0 Å². The quantitative estimate of drug-likeness (QED) is 0.653. The van der Waals surface area contributed by atoms with Gasteiger partial charge in [0, 0.05) is 11.8 Å². The van der Waals surface area contributed by atoms with Gasteiger partial charge >= 0.3 is 0 Å². The molecule has 2 aromatic rings. The fourth-order valence-electron chi connectivity index (χ4n) is 1.29. The van der Waals surface area contributed by atoms with Crippen LogP contribution in [-0.2, 0) is 6.42 Å². The summed E-state index contributed by atoms with van der Waals surface area (Å²) in [6.45, 7) is 2.03. The van der Waals surface area contributed by atoms with Crippen molar-refractivity contribution in [2.45, 2.75) is 13.3 Å². The molecule has 0 atom stereocenters. The van der Waals surface area contributed by atoms with Crippen LogP contribution in [0.25, 0.3) is 11.0 Å². The van der Waals surface area contributed by atoms with Crippen LogP contribution >= 0.6 is 11.6 Å². The van der Waals surface area contributed by atoms with Crippen LogP contribution in [0.1, 0.15) is 12.7 Å². The first-order chi connectivity index (χ1) is 5.83. The molecular weight excluding hydrogens is 172 g/mol. The summed E-state index contributed by atoms with van der Waals surface area (Å²) in [6.07, 6.45) is 0.841. The number of fused-ring (bicyclic) bond motifs is 1. The number of furan rings is 1. The van der Waals surface area contributed by atoms with Crippen LogP contribution in [0.3, 0.4) is 0 Å². The standard InChI is InChI=1S/C10H9ClO/c1-2-8-10(11)7-5-3-4-6-9(7)12-8/h3-6H,2H2,1H3. The van der Waals surface area contributed by atoms with E-state index in [1.54, 1.807) is 0 Å². The Kier molecular flexibility index (Phi) is 1.81. The van der Waals surface area contributed by atoms with Crippen molar-refractivity contribution in [1.29, 1.82) is 0 Å². The van der Waals surface area contributed by atoms with Gasteiger partial charge in [0.05, 0.1) is 5.02 Å². The molecule has 0 amide bonds. The largest absolute Gasteiger partial charge is 0.459 e. The van der Waals surface area contributed by atoms with Gasteiger partial charge in [0.2, 0.25) is 0 Å². The van der Waals surface area contributed by atoms with Crippen molar-refractivity contribution in [3.63, 3.8) is 0 Å². The summed E-state index contributed by atoms with van der Waals surface area (Å²) in [7, 11) is 0. The first kappa shape index (κ1) is 7.69. The number of hydrogen-bond acceptors (Lipinski definition) is 1. The van der Waals surface area contributed by atoms with E-state index in [2.05, 4.69) is 0 Å². The van der Waals surface area contributed by atoms with Gasteiger partial charge in [-0.15, -0.1) is 0 Å². The molecule has 1 nitrogen and oxygen atoms in total. The Bertz CT molecular complexity index is 403. The lowest BCUT2D eigenvalue weighted by Crippen LogP contribution is -1.71. The Morgan fingerprint density at radius 2 is 2.08 bits per heavy atom. The first-order valence-corrected chi connectivity index (χ1v) is 4.36. The molecule has 0 unspecified atom stereocenters. The molecule has 2 rings (SSSR count). The Balaban J connectivity index is 2.78. The molecule has 0 radical (unpaired) electrons. The van der Waals surface area contributed by atoms with Gasteiger partial charge in [0.15, 0.2) is 0 Å². The topological polar surface area (TPSA) is 13.1 Å². The Labute approximate surface area is 75.9 Å². The second kappa shape index (κ2) is 2.83. The highest BCUT2D eigenvalue weighted by Gasteiger charge is 2.08. The number of halogens is 1. The van der Waals surface area contributed by atoms with E-state index in [1.165, 1.54) is 0 Å². The molecule has 0 fully saturated rings. The normalized spacial score (nSPS) is 10.8. The maximum absolute atomic E-state index is 6.06. The third kappa shape index (κ3) is 1.01. The van der Waals surface area contributed by atoms with Crippen LogP contribution in [0.5, 0.6) is 0 Å². The zero-order valence-corrected chi connectivity index (χ0v) is 7.56. The lowest BCUT2D eigenvalue weighted by atomic mass is 10.2. The van der Waals surface area contributed by atoms with Gasteiger partial charge in [0.25, 0.3) is 0 Å². The molecule has 0 saturated carbocycles. The van der Waals surface area contributed by atoms with Crippen molar-refractivity contribution in [1.82, 2.24) is 0 Å². The number of para-hydroxylation sites is 1. The second-order valence-electron chi connectivity index (χ2n) is 2.69. The molecule has 1 aromatic heterocycles. The average Bonchev–Trinajstić information content (AvgIpc) is 2.44. The third-order valence-electron chi connectivity index (χ3n) is 1.92. The molecule has 12 heavy (non-hydrogen) atoms. The molecule has 0 aliphatic rings. The Morgan fingerprint density at radius 1 is 1.33 bits per heavy atom. The Morgan fingerprint density at radius 3 is 2.75 bits per heavy atom. The van der Waals surface area contributed by atoms with E-state index in [4.69, 9.17) is 16.0 Å². The molecule has 0 bridgehead atoms. The van der Waals surface area contributed by atoms with E-state index < -0.39 is 0 Å². The average molecular weight is 181 g/mol. The van der Waals surface area contributed by atoms with Gasteiger partial charge in [-0.2, -0.15) is 0 Å². The summed E-state index contributed by atoms with van der Waals surface area (Å²) in [4.78, 5) is 0. The van der Waals surface area contributed by atoms with Crippen molar-refractivity contribution >= 4 is 22.6 Å². The van der Waals surface area contributed by atoms with Crippen LogP contribution in [0.15, 0.2) is 28.7 Å². The summed E-state index contributed by atoms with van der Waals surface area (Å²) in [5, 5.41) is 1.77. The first-order valence-electron chi connectivity index (χ1n) is 3.99. The van der Waals surface area contributed by atoms with Gasteiger partial charge in [-0.1, -0.05) is 30.7 Å². The van der Waals surface area contributed by atoms with Crippen LogP contribution in [0, 0.1) is 0 Å². The highest BCUT2D eigenvalue weighted by atomic mass is 35.5. The lowest BCUT2D eigenvalue weighted by Gasteiger charge is -1.86. The molecule has 2 heteroatoms. The molecule has 0 saturated heterocycles. The van der Waals surface area contributed by atoms with E-state index in [0.717, 1.165) is 28.2 Å². The fourth-order valence-corrected chi connectivity index (χ4v) is 1.62.